The van der Waals surface area contributed by atoms with Crippen molar-refractivity contribution < 1.29 is 8.42 Å². The van der Waals surface area contributed by atoms with Gasteiger partial charge in [-0.3, -0.25) is 4.99 Å². The van der Waals surface area contributed by atoms with Crippen molar-refractivity contribution in [1.82, 2.24) is 10.6 Å². The van der Waals surface area contributed by atoms with E-state index in [1.165, 1.54) is 4.88 Å². The minimum atomic E-state index is -3.10. The van der Waals surface area contributed by atoms with Crippen molar-refractivity contribution in [1.29, 1.82) is 0 Å². The van der Waals surface area contributed by atoms with Crippen LogP contribution >= 0.6 is 35.3 Å². The number of nitrogens with one attached hydrogen (secondary N) is 2. The number of hydrogen-bond donors (Lipinski definition) is 2. The van der Waals surface area contributed by atoms with Gasteiger partial charge in [0.05, 0.1) is 11.5 Å². The van der Waals surface area contributed by atoms with Crippen molar-refractivity contribution in [3.05, 3.63) is 58.3 Å². The highest BCUT2D eigenvalue weighted by Crippen LogP contribution is 2.26. The van der Waals surface area contributed by atoms with E-state index in [1.54, 1.807) is 18.4 Å². The van der Waals surface area contributed by atoms with Crippen LogP contribution in [-0.4, -0.2) is 40.3 Å². The van der Waals surface area contributed by atoms with E-state index in [4.69, 9.17) is 0 Å². The lowest BCUT2D eigenvalue weighted by Crippen LogP contribution is -2.43. The number of guanidine groups is 1. The topological polar surface area (TPSA) is 70.6 Å². The third-order valence-electron chi connectivity index (χ3n) is 4.26. The summed E-state index contributed by atoms with van der Waals surface area (Å²) in [6, 6.07) is 13.5. The van der Waals surface area contributed by atoms with Crippen molar-refractivity contribution in [3.63, 3.8) is 0 Å². The van der Waals surface area contributed by atoms with Gasteiger partial charge in [0.15, 0.2) is 15.8 Å². The van der Waals surface area contributed by atoms with E-state index in [-0.39, 0.29) is 40.9 Å². The van der Waals surface area contributed by atoms with Gasteiger partial charge in [0, 0.05) is 30.4 Å². The minimum absolute atomic E-state index is 0. The molecular formula is C20H30IN3O2S2. The van der Waals surface area contributed by atoms with Crippen LogP contribution in [0, 0.1) is 0 Å². The van der Waals surface area contributed by atoms with Crippen molar-refractivity contribution in [3.8, 4) is 0 Å². The van der Waals surface area contributed by atoms with E-state index in [2.05, 4.69) is 47.0 Å². The molecule has 2 N–H and O–H groups in total. The van der Waals surface area contributed by atoms with Crippen LogP contribution < -0.4 is 10.6 Å². The number of nitrogens with zero attached hydrogens (tertiary/aromatic N) is 1. The van der Waals surface area contributed by atoms with Crippen LogP contribution in [0.15, 0.2) is 52.8 Å². The molecule has 5 nitrogen and oxygen atoms in total. The molecule has 0 radical (unpaired) electrons. The summed E-state index contributed by atoms with van der Waals surface area (Å²) in [6.07, 6.45) is 0.546. The van der Waals surface area contributed by atoms with Crippen molar-refractivity contribution >= 4 is 51.1 Å². The van der Waals surface area contributed by atoms with Crippen LogP contribution in [0.5, 0.6) is 0 Å². The van der Waals surface area contributed by atoms with Gasteiger partial charge in [-0.25, -0.2) is 8.42 Å². The molecule has 0 bridgehead atoms. The number of halogens is 1. The number of hydrogen-bond acceptors (Lipinski definition) is 4. The minimum Gasteiger partial charge on any atom is -0.356 e. The maximum atomic E-state index is 12.2. The maximum Gasteiger partial charge on any atom is 0.191 e. The summed E-state index contributed by atoms with van der Waals surface area (Å²) in [7, 11) is -1.38. The van der Waals surface area contributed by atoms with Gasteiger partial charge in [-0.2, -0.15) is 0 Å². The summed E-state index contributed by atoms with van der Waals surface area (Å²) in [5.74, 6) is 0.947. The van der Waals surface area contributed by atoms with Crippen LogP contribution in [0.2, 0.25) is 0 Å². The molecule has 0 saturated carbocycles. The molecule has 2 aromatic rings. The Hall–Kier alpha value is -1.13. The average Bonchev–Trinajstić information content (AvgIpc) is 3.17. The van der Waals surface area contributed by atoms with Crippen LogP contribution in [0.25, 0.3) is 0 Å². The molecule has 0 aliphatic rings. The van der Waals surface area contributed by atoms with E-state index in [9.17, 15) is 8.42 Å². The van der Waals surface area contributed by atoms with Crippen molar-refractivity contribution in [2.45, 2.75) is 31.4 Å². The predicted molar refractivity (Wildman–Crippen MR) is 131 cm³/mol. The molecule has 28 heavy (non-hydrogen) atoms. The fraction of sp³-hybridized carbons (Fsp3) is 0.450. The molecule has 0 aliphatic heterocycles. The van der Waals surface area contributed by atoms with E-state index in [1.807, 2.05) is 30.3 Å². The van der Waals surface area contributed by atoms with Crippen LogP contribution in [0.3, 0.4) is 0 Å². The van der Waals surface area contributed by atoms with E-state index in [0.717, 1.165) is 12.1 Å². The first-order valence-electron chi connectivity index (χ1n) is 9.05. The molecule has 0 fully saturated rings. The molecule has 0 saturated heterocycles. The van der Waals surface area contributed by atoms with Gasteiger partial charge in [-0.15, -0.1) is 35.3 Å². The number of benzene rings is 1. The van der Waals surface area contributed by atoms with Gasteiger partial charge >= 0.3 is 0 Å². The Morgan fingerprint density at radius 3 is 2.43 bits per heavy atom. The molecule has 0 amide bonds. The Bertz CT molecular complexity index is 820. The molecular weight excluding hydrogens is 505 g/mol. The normalized spacial score (nSPS) is 12.3. The summed E-state index contributed by atoms with van der Waals surface area (Å²) >= 11 is 1.75. The smallest absolute Gasteiger partial charge is 0.191 e. The SMILES string of the molecule is CN=C(NCCCS(=O)(=O)Cc1ccccc1)NCC(C)(C)c1cccs1.I. The zero-order valence-corrected chi connectivity index (χ0v) is 20.6. The zero-order valence-electron chi connectivity index (χ0n) is 16.6. The zero-order chi connectivity index (χ0) is 19.8. The van der Waals surface area contributed by atoms with E-state index >= 15 is 0 Å². The van der Waals surface area contributed by atoms with E-state index in [0.29, 0.717) is 18.9 Å². The second-order valence-corrected chi connectivity index (χ2v) is 10.3. The Kier molecular flexibility index (Phi) is 10.5. The number of rotatable bonds is 9. The van der Waals surface area contributed by atoms with Gasteiger partial charge < -0.3 is 10.6 Å². The molecule has 1 aromatic heterocycles. The quantitative estimate of drug-likeness (QED) is 0.222. The van der Waals surface area contributed by atoms with Crippen molar-refractivity contribution in [2.24, 2.45) is 4.99 Å². The highest BCUT2D eigenvalue weighted by Gasteiger charge is 2.21. The fourth-order valence-electron chi connectivity index (χ4n) is 2.68. The molecule has 2 rings (SSSR count). The molecule has 1 heterocycles. The Balaban J connectivity index is 0.00000392. The monoisotopic (exact) mass is 535 g/mol. The van der Waals surface area contributed by atoms with Crippen LogP contribution in [0.1, 0.15) is 30.7 Å². The van der Waals surface area contributed by atoms with E-state index < -0.39 is 9.84 Å². The lowest BCUT2D eigenvalue weighted by atomic mass is 9.91. The Morgan fingerprint density at radius 1 is 1.11 bits per heavy atom. The van der Waals surface area contributed by atoms with Gasteiger partial charge in [0.25, 0.3) is 0 Å². The van der Waals surface area contributed by atoms with Gasteiger partial charge in [0.1, 0.15) is 0 Å². The van der Waals surface area contributed by atoms with Gasteiger partial charge in [-0.05, 0) is 23.4 Å². The molecule has 0 atom stereocenters. The second kappa shape index (κ2) is 11.8. The number of thiophene rings is 1. The maximum absolute atomic E-state index is 12.2. The number of aliphatic imine (C=N–C) groups is 1. The second-order valence-electron chi connectivity index (χ2n) is 7.14. The molecule has 0 unspecified atom stereocenters. The fourth-order valence-corrected chi connectivity index (χ4v) is 4.96. The Labute approximate surface area is 190 Å². The first kappa shape index (κ1) is 24.9. The third kappa shape index (κ3) is 8.48. The Morgan fingerprint density at radius 2 is 1.82 bits per heavy atom. The molecule has 8 heteroatoms. The predicted octanol–water partition coefficient (Wildman–Crippen LogP) is 3.81. The van der Waals surface area contributed by atoms with Crippen LogP contribution in [-0.2, 0) is 21.0 Å². The van der Waals surface area contributed by atoms with Gasteiger partial charge in [0.2, 0.25) is 0 Å². The average molecular weight is 536 g/mol. The lowest BCUT2D eigenvalue weighted by Gasteiger charge is -2.25. The van der Waals surface area contributed by atoms with Gasteiger partial charge in [-0.1, -0.05) is 50.2 Å². The summed E-state index contributed by atoms with van der Waals surface area (Å²) < 4.78 is 24.5. The molecule has 156 valence electrons. The summed E-state index contributed by atoms with van der Waals surface area (Å²) in [5.41, 5.74) is 0.837. The first-order valence-corrected chi connectivity index (χ1v) is 11.8. The highest BCUT2D eigenvalue weighted by atomic mass is 127. The molecule has 1 aromatic carbocycles. The summed E-state index contributed by atoms with van der Waals surface area (Å²) in [6.45, 7) is 5.69. The standard InChI is InChI=1S/C20H29N3O2S2.HI/c1-20(2,18-11-7-13-26-18)16-23-19(21-3)22-12-8-14-27(24,25)15-17-9-5-4-6-10-17;/h4-7,9-11,13H,8,12,14-16H2,1-3H3,(H2,21,22,23);1H. The summed E-state index contributed by atoms with van der Waals surface area (Å²) in [5, 5.41) is 8.62. The number of sulfone groups is 1. The first-order chi connectivity index (χ1) is 12.8. The molecule has 0 spiro atoms. The van der Waals surface area contributed by atoms with Crippen molar-refractivity contribution in [2.75, 3.05) is 25.9 Å². The van der Waals surface area contributed by atoms with Crippen LogP contribution in [0.4, 0.5) is 0 Å². The molecule has 0 aliphatic carbocycles. The summed E-state index contributed by atoms with van der Waals surface area (Å²) in [4.78, 5) is 5.54. The highest BCUT2D eigenvalue weighted by molar-refractivity contribution is 14.0. The lowest BCUT2D eigenvalue weighted by molar-refractivity contribution is 0.518. The largest absolute Gasteiger partial charge is 0.356 e. The third-order valence-corrected chi connectivity index (χ3v) is 7.18.